The molecule has 0 aliphatic rings. The Labute approximate surface area is 162 Å². The number of nitrogens with zero attached hydrogens (tertiary/aromatic N) is 2. The van der Waals surface area contributed by atoms with Crippen LogP contribution in [0.4, 0.5) is 10.2 Å². The van der Waals surface area contributed by atoms with E-state index < -0.39 is 5.91 Å². The number of benzene rings is 2. The van der Waals surface area contributed by atoms with Gasteiger partial charge in [0.1, 0.15) is 17.4 Å². The Hall–Kier alpha value is -3.48. The summed E-state index contributed by atoms with van der Waals surface area (Å²) in [6.45, 7) is 0.773. The molecule has 28 heavy (non-hydrogen) atoms. The number of rotatable bonds is 8. The molecule has 0 radical (unpaired) electrons. The van der Waals surface area contributed by atoms with Gasteiger partial charge in [-0.05, 0) is 42.3 Å². The summed E-state index contributed by atoms with van der Waals surface area (Å²) in [5.74, 6) is 0.649. The average Bonchev–Trinajstić information content (AvgIpc) is 2.74. The first kappa shape index (κ1) is 19.3. The molecule has 0 saturated carbocycles. The van der Waals surface area contributed by atoms with Gasteiger partial charge in [-0.1, -0.05) is 30.3 Å². The molecule has 2 N–H and O–H groups in total. The van der Waals surface area contributed by atoms with Crippen molar-refractivity contribution >= 4 is 11.7 Å². The van der Waals surface area contributed by atoms with Crippen molar-refractivity contribution in [3.05, 3.63) is 83.3 Å². The summed E-state index contributed by atoms with van der Waals surface area (Å²) >= 11 is 0. The van der Waals surface area contributed by atoms with Crippen molar-refractivity contribution in [3.63, 3.8) is 0 Å². The lowest BCUT2D eigenvalue weighted by molar-refractivity contribution is 0.0944. The third-order valence-electron chi connectivity index (χ3n) is 4.17. The zero-order valence-electron chi connectivity index (χ0n) is 15.5. The van der Waals surface area contributed by atoms with Gasteiger partial charge in [-0.25, -0.2) is 4.39 Å². The van der Waals surface area contributed by atoms with E-state index in [1.54, 1.807) is 37.4 Å². The molecule has 7 heteroatoms. The number of carbonyl (C=O) groups excluding carboxylic acids is 1. The summed E-state index contributed by atoms with van der Waals surface area (Å²) in [5.41, 5.74) is 1.77. The summed E-state index contributed by atoms with van der Waals surface area (Å²) in [6.07, 6.45) is 0.816. The number of halogens is 1. The minimum Gasteiger partial charge on any atom is -0.497 e. The number of ether oxygens (including phenoxy) is 1. The second kappa shape index (κ2) is 9.45. The van der Waals surface area contributed by atoms with Crippen LogP contribution in [0, 0.1) is 5.82 Å². The Morgan fingerprint density at radius 3 is 2.50 bits per heavy atom. The molecule has 6 nitrogen and oxygen atoms in total. The molecule has 0 saturated heterocycles. The van der Waals surface area contributed by atoms with Crippen LogP contribution in [-0.4, -0.2) is 29.8 Å². The summed E-state index contributed by atoms with van der Waals surface area (Å²) < 4.78 is 18.7. The van der Waals surface area contributed by atoms with E-state index in [-0.39, 0.29) is 18.1 Å². The molecule has 1 amide bonds. The summed E-state index contributed by atoms with van der Waals surface area (Å²) in [6, 6.07) is 17.4. The fourth-order valence-corrected chi connectivity index (χ4v) is 2.58. The van der Waals surface area contributed by atoms with E-state index >= 15 is 0 Å². The van der Waals surface area contributed by atoms with Gasteiger partial charge >= 0.3 is 0 Å². The highest BCUT2D eigenvalue weighted by Gasteiger charge is 2.09. The standard InChI is InChI=1S/C21H21FN4O2/c1-28-17-8-6-15(7-9-17)12-13-23-20-11-10-19(25-26-20)21(27)24-14-16-4-2-3-5-18(16)22/h2-11H,12-14H2,1H3,(H,23,26)(H,24,27). The quantitative estimate of drug-likeness (QED) is 0.628. The summed E-state index contributed by atoms with van der Waals surface area (Å²) in [7, 11) is 1.64. The average molecular weight is 380 g/mol. The van der Waals surface area contributed by atoms with Crippen LogP contribution in [0.3, 0.4) is 0 Å². The molecule has 0 atom stereocenters. The first-order valence-electron chi connectivity index (χ1n) is 8.88. The first-order chi connectivity index (χ1) is 13.7. The second-order valence-corrected chi connectivity index (χ2v) is 6.10. The van der Waals surface area contributed by atoms with Crippen LogP contribution < -0.4 is 15.4 Å². The zero-order valence-corrected chi connectivity index (χ0v) is 15.5. The van der Waals surface area contributed by atoms with Crippen LogP contribution >= 0.6 is 0 Å². The van der Waals surface area contributed by atoms with Gasteiger partial charge in [-0.3, -0.25) is 4.79 Å². The van der Waals surface area contributed by atoms with Crippen LogP contribution in [0.25, 0.3) is 0 Å². The van der Waals surface area contributed by atoms with Crippen molar-refractivity contribution < 1.29 is 13.9 Å². The molecule has 0 fully saturated rings. The molecule has 3 aromatic rings. The Bertz CT molecular complexity index is 914. The van der Waals surface area contributed by atoms with Crippen molar-refractivity contribution in [2.45, 2.75) is 13.0 Å². The molecule has 3 rings (SSSR count). The van der Waals surface area contributed by atoms with Gasteiger partial charge in [-0.2, -0.15) is 0 Å². The fourth-order valence-electron chi connectivity index (χ4n) is 2.58. The molecular formula is C21H21FN4O2. The molecule has 0 bridgehead atoms. The SMILES string of the molecule is COc1ccc(CCNc2ccc(C(=O)NCc3ccccc3F)nn2)cc1. The smallest absolute Gasteiger partial charge is 0.272 e. The van der Waals surface area contributed by atoms with E-state index in [1.165, 1.54) is 11.6 Å². The Balaban J connectivity index is 1.47. The Morgan fingerprint density at radius 1 is 1.04 bits per heavy atom. The van der Waals surface area contributed by atoms with Gasteiger partial charge in [0.25, 0.3) is 5.91 Å². The lowest BCUT2D eigenvalue weighted by Gasteiger charge is -2.08. The zero-order chi connectivity index (χ0) is 19.8. The summed E-state index contributed by atoms with van der Waals surface area (Å²) in [5, 5.41) is 13.7. The number of carbonyl (C=O) groups is 1. The number of methoxy groups -OCH3 is 1. The maximum Gasteiger partial charge on any atom is 0.272 e. The lowest BCUT2D eigenvalue weighted by Crippen LogP contribution is -2.24. The Morgan fingerprint density at radius 2 is 1.82 bits per heavy atom. The van der Waals surface area contributed by atoms with E-state index in [1.807, 2.05) is 24.3 Å². The van der Waals surface area contributed by atoms with Crippen LogP contribution in [0.15, 0.2) is 60.7 Å². The third kappa shape index (κ3) is 5.26. The molecular weight excluding hydrogens is 359 g/mol. The third-order valence-corrected chi connectivity index (χ3v) is 4.17. The highest BCUT2D eigenvalue weighted by Crippen LogP contribution is 2.12. The lowest BCUT2D eigenvalue weighted by atomic mass is 10.1. The van der Waals surface area contributed by atoms with Gasteiger partial charge in [-0.15, -0.1) is 10.2 Å². The van der Waals surface area contributed by atoms with Gasteiger partial charge in [0.05, 0.1) is 7.11 Å². The predicted molar refractivity (Wildman–Crippen MR) is 105 cm³/mol. The molecule has 2 aromatic carbocycles. The monoisotopic (exact) mass is 380 g/mol. The second-order valence-electron chi connectivity index (χ2n) is 6.10. The molecule has 144 valence electrons. The maximum atomic E-state index is 13.6. The van der Waals surface area contributed by atoms with Crippen molar-refractivity contribution in [1.82, 2.24) is 15.5 Å². The van der Waals surface area contributed by atoms with Crippen LogP contribution in [-0.2, 0) is 13.0 Å². The van der Waals surface area contributed by atoms with E-state index in [4.69, 9.17) is 4.74 Å². The molecule has 0 aliphatic heterocycles. The van der Waals surface area contributed by atoms with Crippen molar-refractivity contribution in [2.24, 2.45) is 0 Å². The van der Waals surface area contributed by atoms with Gasteiger partial charge < -0.3 is 15.4 Å². The number of hydrogen-bond donors (Lipinski definition) is 2. The van der Waals surface area contributed by atoms with Gasteiger partial charge in [0, 0.05) is 18.7 Å². The highest BCUT2D eigenvalue weighted by molar-refractivity contribution is 5.92. The Kier molecular flexibility index (Phi) is 6.51. The minimum atomic E-state index is -0.402. The molecule has 1 aromatic heterocycles. The van der Waals surface area contributed by atoms with Crippen molar-refractivity contribution in [1.29, 1.82) is 0 Å². The molecule has 0 spiro atoms. The normalized spacial score (nSPS) is 10.4. The highest BCUT2D eigenvalue weighted by atomic mass is 19.1. The molecule has 0 unspecified atom stereocenters. The number of anilines is 1. The number of nitrogens with one attached hydrogen (secondary N) is 2. The van der Waals surface area contributed by atoms with E-state index in [2.05, 4.69) is 20.8 Å². The largest absolute Gasteiger partial charge is 0.497 e. The van der Waals surface area contributed by atoms with Crippen molar-refractivity contribution in [2.75, 3.05) is 19.0 Å². The first-order valence-corrected chi connectivity index (χ1v) is 8.88. The topological polar surface area (TPSA) is 76.1 Å². The number of hydrogen-bond acceptors (Lipinski definition) is 5. The van der Waals surface area contributed by atoms with Crippen molar-refractivity contribution in [3.8, 4) is 5.75 Å². The number of amides is 1. The molecule has 0 aliphatic carbocycles. The summed E-state index contributed by atoms with van der Waals surface area (Å²) in [4.78, 5) is 12.1. The van der Waals surface area contributed by atoms with E-state index in [9.17, 15) is 9.18 Å². The van der Waals surface area contributed by atoms with Crippen LogP contribution in [0.2, 0.25) is 0 Å². The van der Waals surface area contributed by atoms with Crippen LogP contribution in [0.5, 0.6) is 5.75 Å². The van der Waals surface area contributed by atoms with E-state index in [0.717, 1.165) is 12.2 Å². The number of aromatic nitrogens is 2. The van der Waals surface area contributed by atoms with Crippen LogP contribution in [0.1, 0.15) is 21.6 Å². The maximum absolute atomic E-state index is 13.6. The molecule has 1 heterocycles. The van der Waals surface area contributed by atoms with Gasteiger partial charge in [0.2, 0.25) is 0 Å². The van der Waals surface area contributed by atoms with Gasteiger partial charge in [0.15, 0.2) is 5.69 Å². The minimum absolute atomic E-state index is 0.0923. The van der Waals surface area contributed by atoms with E-state index in [0.29, 0.717) is 17.9 Å². The fraction of sp³-hybridized carbons (Fsp3) is 0.190. The predicted octanol–water partition coefficient (Wildman–Crippen LogP) is 3.21.